The molecule has 0 saturated carbocycles. The molecular weight excluding hydrogens is 973 g/mol. The quantitative estimate of drug-likeness (QED) is 0.0438. The van der Waals surface area contributed by atoms with Crippen LogP contribution in [0.1, 0.15) is 10.4 Å². The van der Waals surface area contributed by atoms with Crippen molar-refractivity contribution in [3.05, 3.63) is 78.4 Å². The van der Waals surface area contributed by atoms with E-state index in [-0.39, 0.29) is 39.9 Å². The number of aliphatic hydroxyl groups is 2. The fourth-order valence-corrected chi connectivity index (χ4v) is 7.63. The van der Waals surface area contributed by atoms with Gasteiger partial charge in [-0.3, -0.25) is 18.5 Å². The Morgan fingerprint density at radius 3 is 1.76 bits per heavy atom. The molecule has 31 heteroatoms. The van der Waals surface area contributed by atoms with Gasteiger partial charge in [0.15, 0.2) is 11.5 Å². The molecule has 9 N–H and O–H groups in total. The number of hydrogen-bond donors (Lipinski definition) is 9. The van der Waals surface area contributed by atoms with Gasteiger partial charge in [-0.1, -0.05) is 0 Å². The Bertz CT molecular complexity index is 3360. The van der Waals surface area contributed by atoms with Crippen LogP contribution in [0.2, 0.25) is 0 Å². The van der Waals surface area contributed by atoms with Gasteiger partial charge in [-0.15, -0.1) is 20.5 Å². The van der Waals surface area contributed by atoms with Crippen molar-refractivity contribution < 1.29 is 93.4 Å². The van der Waals surface area contributed by atoms with Crippen LogP contribution in [0.15, 0.2) is 123 Å². The van der Waals surface area contributed by atoms with E-state index < -0.39 is 135 Å². The first-order valence-corrected chi connectivity index (χ1v) is 22.7. The van der Waals surface area contributed by atoms with E-state index in [2.05, 4.69) is 35.8 Å². The maximum absolute atomic E-state index is 13.2. The molecule has 28 nitrogen and oxygen atoms in total. The predicted octanol–water partition coefficient (Wildman–Crippen LogP) is 4.20. The summed E-state index contributed by atoms with van der Waals surface area (Å²) < 4.78 is 111. The van der Waals surface area contributed by atoms with Crippen LogP contribution in [0.5, 0.6) is 23.0 Å². The zero-order valence-electron chi connectivity index (χ0n) is 33.7. The zero-order valence-corrected chi connectivity index (χ0v) is 36.1. The normalized spacial score (nSPS) is 14.7. The molecule has 1 unspecified atom stereocenters. The van der Waals surface area contributed by atoms with Gasteiger partial charge < -0.3 is 40.1 Å². The van der Waals surface area contributed by atoms with Gasteiger partial charge in [0.25, 0.3) is 36.3 Å². The van der Waals surface area contributed by atoms with Gasteiger partial charge in [-0.05, 0) is 60.0 Å². The number of anilines is 1. The summed E-state index contributed by atoms with van der Waals surface area (Å²) in [5.74, 6) is -7.00. The Morgan fingerprint density at radius 1 is 0.662 bits per heavy atom. The highest BCUT2D eigenvalue weighted by atomic mass is 32.2. The molecule has 0 saturated heterocycles. The topological polar surface area (TPSA) is 444 Å². The number of rotatable bonds is 18. The second kappa shape index (κ2) is 19.5. The molecule has 1 aliphatic heterocycles. The first kappa shape index (κ1) is 49.5. The second-order valence-electron chi connectivity index (χ2n) is 13.4. The van der Waals surface area contributed by atoms with Crippen molar-refractivity contribution in [2.45, 2.75) is 20.7 Å². The highest BCUT2D eigenvalue weighted by Gasteiger charge is 2.41. The number of ether oxygens (including phenoxy) is 2. The van der Waals surface area contributed by atoms with E-state index >= 15 is 0 Å². The van der Waals surface area contributed by atoms with E-state index in [0.29, 0.717) is 23.2 Å². The van der Waals surface area contributed by atoms with E-state index in [1.165, 1.54) is 0 Å². The van der Waals surface area contributed by atoms with Crippen LogP contribution in [-0.2, 0) is 39.9 Å². The Labute approximate surface area is 380 Å². The van der Waals surface area contributed by atoms with Crippen LogP contribution < -0.4 is 14.5 Å². The molecular formula is C37H30N8O20S3. The number of phenols is 2. The number of phenolic OH excluding ortho intramolecular Hbond substituents is 2. The summed E-state index contributed by atoms with van der Waals surface area (Å²) in [5, 5.41) is 86.8. The van der Waals surface area contributed by atoms with Crippen LogP contribution in [-0.4, -0.2) is 126 Å². The number of nitrogens with zero attached hydrogens (tertiary/aromatic N) is 8. The lowest BCUT2D eigenvalue weighted by Gasteiger charge is -2.13. The largest absolute Gasteiger partial charge is 0.507 e. The van der Waals surface area contributed by atoms with E-state index in [1.54, 1.807) is 0 Å². The van der Waals surface area contributed by atoms with Crippen molar-refractivity contribution in [2.75, 3.05) is 31.4 Å². The Morgan fingerprint density at radius 2 is 1.24 bits per heavy atom. The second-order valence-corrected chi connectivity index (χ2v) is 17.7. The number of hydrazone groups is 1. The molecule has 0 bridgehead atoms. The number of carbonyl (C=O) groups is 3. The van der Waals surface area contributed by atoms with E-state index in [9.17, 15) is 83.9 Å². The third-order valence-electron chi connectivity index (χ3n) is 8.95. The van der Waals surface area contributed by atoms with Crippen molar-refractivity contribution >= 4 is 98.8 Å². The van der Waals surface area contributed by atoms with E-state index in [1.807, 2.05) is 0 Å². The zero-order chi connectivity index (χ0) is 49.9. The molecule has 6 rings (SSSR count). The number of aromatic hydroxyl groups is 2. The van der Waals surface area contributed by atoms with Crippen LogP contribution in [0.4, 0.5) is 34.1 Å². The molecule has 0 aliphatic carbocycles. The smallest absolute Gasteiger partial charge is 0.355 e. The maximum atomic E-state index is 13.2. The molecule has 0 aromatic heterocycles. The number of carboxylic acid groups (broad SMARTS) is 2. The Hall–Kier alpha value is -7.91. The van der Waals surface area contributed by atoms with Crippen molar-refractivity contribution in [3.8, 4) is 23.0 Å². The summed E-state index contributed by atoms with van der Waals surface area (Å²) in [6.45, 7) is -1.99. The lowest BCUT2D eigenvalue weighted by molar-refractivity contribution is -0.130. The number of fused-ring (bicyclic) bond motifs is 1. The molecule has 1 aliphatic rings. The summed E-state index contributed by atoms with van der Waals surface area (Å²) in [5.41, 5.74) is -3.66. The van der Waals surface area contributed by atoms with Gasteiger partial charge in [0, 0.05) is 18.2 Å². The SMILES string of the molecule is O=C(O)C1=NN(c2ccc(S(=O)(=O)O)cc2)C(=O)C1N=Nc1ccc(N=Nc2cc(OCCO)c(N=Nc3c(S(=O)(=O)O)cc4cc(S(=O)(=O)O)cc(O)c4c3O)cc2OCCO)c(C(=O)O)c1. The van der Waals surface area contributed by atoms with Crippen molar-refractivity contribution in [1.82, 2.24) is 0 Å². The molecule has 68 heavy (non-hydrogen) atoms. The van der Waals surface area contributed by atoms with Crippen molar-refractivity contribution in [2.24, 2.45) is 35.8 Å². The van der Waals surface area contributed by atoms with Gasteiger partial charge in [0.2, 0.25) is 6.04 Å². The summed E-state index contributed by atoms with van der Waals surface area (Å²) >= 11 is 0. The Kier molecular flexibility index (Phi) is 14.2. The predicted molar refractivity (Wildman–Crippen MR) is 227 cm³/mol. The monoisotopic (exact) mass is 1000 g/mol. The minimum Gasteiger partial charge on any atom is -0.507 e. The molecule has 1 heterocycles. The number of hydrogen-bond acceptors (Lipinski definition) is 22. The number of aromatic carboxylic acids is 1. The summed E-state index contributed by atoms with van der Waals surface area (Å²) in [4.78, 5) is 35.0. The highest BCUT2D eigenvalue weighted by molar-refractivity contribution is 7.86. The minimum atomic E-state index is -5.31. The third kappa shape index (κ3) is 10.9. The van der Waals surface area contributed by atoms with Crippen molar-refractivity contribution in [1.29, 1.82) is 0 Å². The Balaban J connectivity index is 1.35. The molecule has 5 aromatic rings. The maximum Gasteiger partial charge on any atom is 0.355 e. The summed E-state index contributed by atoms with van der Waals surface area (Å²) in [6.07, 6.45) is 0. The van der Waals surface area contributed by atoms with Gasteiger partial charge in [0.1, 0.15) is 58.1 Å². The summed E-state index contributed by atoms with van der Waals surface area (Å²) in [6, 6.07) is 9.27. The number of aliphatic carboxylic acids is 1. The molecule has 1 atom stereocenters. The highest BCUT2D eigenvalue weighted by Crippen LogP contribution is 2.47. The van der Waals surface area contributed by atoms with E-state index in [4.69, 9.17) is 9.47 Å². The van der Waals surface area contributed by atoms with Crippen molar-refractivity contribution in [3.63, 3.8) is 0 Å². The number of carbonyl (C=O) groups excluding carboxylic acids is 1. The number of aliphatic hydroxyl groups excluding tert-OH is 2. The molecule has 0 spiro atoms. The standard InChI is InChI=1S/C37H30N8O20S3/c46-7-9-64-27-16-25(41-42-31-29(68(61,62)63)12-17-11-21(67(58,59)60)14-26(48)30(17)34(31)49)28(65-10-8-47)15-24(27)40-39-23-6-1-18(13-22(23)36(51)52)38-43-32-33(37(53)54)44-45(35(32)50)19-2-4-20(5-3-19)66(55,56)57/h1-6,11-16,32,46-49H,7-10H2,(H,51,52)(H,53,54)(H,55,56,57)(H,58,59,60)(H,61,62,63). The fourth-order valence-electron chi connectivity index (χ4n) is 5.95. The molecule has 0 fully saturated rings. The molecule has 1 amide bonds. The van der Waals surface area contributed by atoms with E-state index in [0.717, 1.165) is 54.6 Å². The molecule has 356 valence electrons. The molecule has 5 aromatic carbocycles. The first-order chi connectivity index (χ1) is 31.9. The van der Waals surface area contributed by atoms with Gasteiger partial charge in [0.05, 0.1) is 45.3 Å². The van der Waals surface area contributed by atoms with Crippen LogP contribution in [0.3, 0.4) is 0 Å². The summed E-state index contributed by atoms with van der Waals surface area (Å²) in [7, 11) is -14.9. The lowest BCUT2D eigenvalue weighted by Crippen LogP contribution is -2.33. The van der Waals surface area contributed by atoms with Gasteiger partial charge in [-0.25, -0.2) is 9.59 Å². The first-order valence-electron chi connectivity index (χ1n) is 18.4. The average molecular weight is 1000 g/mol. The van der Waals surface area contributed by atoms with Crippen LogP contribution >= 0.6 is 0 Å². The average Bonchev–Trinajstić information content (AvgIpc) is 3.60. The molecule has 0 radical (unpaired) electrons. The number of azo groups is 3. The lowest BCUT2D eigenvalue weighted by atomic mass is 10.1. The number of benzene rings is 5. The van der Waals surface area contributed by atoms with Gasteiger partial charge in [-0.2, -0.15) is 45.6 Å². The fraction of sp³-hybridized carbons (Fsp3) is 0.135. The number of carboxylic acids is 2. The van der Waals surface area contributed by atoms with Gasteiger partial charge >= 0.3 is 11.9 Å². The van der Waals surface area contributed by atoms with Crippen LogP contribution in [0.25, 0.3) is 10.8 Å². The van der Waals surface area contributed by atoms with Crippen LogP contribution in [0, 0.1) is 0 Å². The number of amides is 1. The third-order valence-corrected chi connectivity index (χ3v) is 11.5. The minimum absolute atomic E-state index is 0.0989.